The van der Waals surface area contributed by atoms with Crippen LogP contribution in [0.25, 0.3) is 0 Å². The Morgan fingerprint density at radius 2 is 1.84 bits per heavy atom. The topological polar surface area (TPSA) is 71.1 Å². The Labute approximate surface area is 148 Å². The van der Waals surface area contributed by atoms with E-state index >= 15 is 0 Å². The van der Waals surface area contributed by atoms with E-state index in [2.05, 4.69) is 22.5 Å². The van der Waals surface area contributed by atoms with E-state index in [9.17, 15) is 9.59 Å². The van der Waals surface area contributed by atoms with Crippen molar-refractivity contribution < 1.29 is 9.59 Å². The van der Waals surface area contributed by atoms with Gasteiger partial charge in [0.15, 0.2) is 0 Å². The molecule has 0 unspecified atom stereocenters. The zero-order valence-electron chi connectivity index (χ0n) is 14.8. The second-order valence-electron chi connectivity index (χ2n) is 5.86. The van der Waals surface area contributed by atoms with Crippen LogP contribution in [-0.4, -0.2) is 23.3 Å². The Morgan fingerprint density at radius 1 is 1.04 bits per heavy atom. The van der Waals surface area contributed by atoms with Crippen LogP contribution in [0.3, 0.4) is 0 Å². The molecule has 1 aromatic heterocycles. The van der Waals surface area contributed by atoms with Gasteiger partial charge >= 0.3 is 0 Å². The number of benzene rings is 1. The monoisotopic (exact) mass is 339 g/mol. The molecule has 2 N–H and O–H groups in total. The molecule has 0 saturated heterocycles. The summed E-state index contributed by atoms with van der Waals surface area (Å²) in [6.07, 6.45) is 5.45. The van der Waals surface area contributed by atoms with E-state index in [1.807, 2.05) is 31.2 Å². The van der Waals surface area contributed by atoms with E-state index in [-0.39, 0.29) is 17.5 Å². The summed E-state index contributed by atoms with van der Waals surface area (Å²) in [5.74, 6) is -0.497. The van der Waals surface area contributed by atoms with Crippen molar-refractivity contribution >= 4 is 17.5 Å². The molecule has 1 aromatic carbocycles. The average molecular weight is 339 g/mol. The van der Waals surface area contributed by atoms with Crippen LogP contribution in [0.5, 0.6) is 0 Å². The van der Waals surface area contributed by atoms with E-state index in [1.54, 1.807) is 6.07 Å². The number of amides is 2. The van der Waals surface area contributed by atoms with E-state index in [0.29, 0.717) is 12.1 Å². The molecule has 2 amide bonds. The number of nitrogens with one attached hydrogen (secondary N) is 2. The summed E-state index contributed by atoms with van der Waals surface area (Å²) in [5.41, 5.74) is 2.50. The molecule has 0 spiro atoms. The molecule has 0 atom stereocenters. The molecular weight excluding hydrogens is 314 g/mol. The maximum atomic E-state index is 12.5. The summed E-state index contributed by atoms with van der Waals surface area (Å²) in [6.45, 7) is 4.79. The van der Waals surface area contributed by atoms with Crippen molar-refractivity contribution in [1.82, 2.24) is 10.3 Å². The van der Waals surface area contributed by atoms with Crippen LogP contribution in [-0.2, 0) is 6.42 Å². The number of pyridine rings is 1. The van der Waals surface area contributed by atoms with Gasteiger partial charge in [-0.2, -0.15) is 0 Å². The van der Waals surface area contributed by atoms with Crippen molar-refractivity contribution in [3.8, 4) is 0 Å². The second-order valence-corrected chi connectivity index (χ2v) is 5.86. The minimum atomic E-state index is -0.318. The fraction of sp³-hybridized carbons (Fsp3) is 0.350. The third-order valence-electron chi connectivity index (χ3n) is 3.97. The Kier molecular flexibility index (Phi) is 7.14. The second kappa shape index (κ2) is 9.57. The number of anilines is 1. The molecule has 2 aromatic rings. The average Bonchev–Trinajstić information content (AvgIpc) is 2.65. The van der Waals surface area contributed by atoms with Gasteiger partial charge in [0.05, 0.1) is 0 Å². The summed E-state index contributed by atoms with van der Waals surface area (Å²) in [6, 6.07) is 10.8. The molecule has 0 saturated carbocycles. The Morgan fingerprint density at radius 3 is 2.60 bits per heavy atom. The highest BCUT2D eigenvalue weighted by molar-refractivity contribution is 6.05. The fourth-order valence-corrected chi connectivity index (χ4v) is 2.51. The highest BCUT2D eigenvalue weighted by atomic mass is 16.2. The molecule has 2 rings (SSSR count). The highest BCUT2D eigenvalue weighted by Crippen LogP contribution is 2.16. The normalized spacial score (nSPS) is 10.3. The van der Waals surface area contributed by atoms with Gasteiger partial charge < -0.3 is 10.6 Å². The van der Waals surface area contributed by atoms with Crippen LogP contribution in [0, 0.1) is 0 Å². The number of para-hydroxylation sites is 1. The molecule has 0 aliphatic heterocycles. The number of carbonyl (C=O) groups is 2. The molecule has 0 aliphatic carbocycles. The van der Waals surface area contributed by atoms with Crippen LogP contribution in [0.2, 0.25) is 0 Å². The number of unbranched alkanes of at least 4 members (excludes halogenated alkanes) is 2. The van der Waals surface area contributed by atoms with Crippen molar-refractivity contribution in [3.63, 3.8) is 0 Å². The molecule has 0 bridgehead atoms. The fourth-order valence-electron chi connectivity index (χ4n) is 2.51. The lowest BCUT2D eigenvalue weighted by atomic mass is 10.1. The zero-order chi connectivity index (χ0) is 18.1. The van der Waals surface area contributed by atoms with Gasteiger partial charge in [0, 0.05) is 24.0 Å². The Hall–Kier alpha value is -2.69. The van der Waals surface area contributed by atoms with Gasteiger partial charge in [-0.15, -0.1) is 0 Å². The van der Waals surface area contributed by atoms with Gasteiger partial charge in [-0.1, -0.05) is 44.9 Å². The molecule has 0 fully saturated rings. The van der Waals surface area contributed by atoms with Crippen molar-refractivity contribution in [3.05, 3.63) is 59.4 Å². The number of aromatic nitrogens is 1. The van der Waals surface area contributed by atoms with Gasteiger partial charge in [-0.05, 0) is 36.6 Å². The van der Waals surface area contributed by atoms with Crippen LogP contribution in [0.1, 0.15) is 59.5 Å². The summed E-state index contributed by atoms with van der Waals surface area (Å²) < 4.78 is 0. The lowest BCUT2D eigenvalue weighted by Gasteiger charge is -2.10. The smallest absolute Gasteiger partial charge is 0.274 e. The number of rotatable bonds is 8. The maximum absolute atomic E-state index is 12.5. The SMILES string of the molecule is CCCCCNC(=O)c1ccnc(C(=O)Nc2ccccc2CC)c1. The first-order valence-corrected chi connectivity index (χ1v) is 8.79. The van der Waals surface area contributed by atoms with Gasteiger partial charge in [0.25, 0.3) is 11.8 Å². The number of hydrogen-bond acceptors (Lipinski definition) is 3. The summed E-state index contributed by atoms with van der Waals surface area (Å²) in [7, 11) is 0. The third-order valence-corrected chi connectivity index (χ3v) is 3.97. The molecule has 25 heavy (non-hydrogen) atoms. The van der Waals surface area contributed by atoms with Crippen molar-refractivity contribution in [2.75, 3.05) is 11.9 Å². The molecule has 5 heteroatoms. The first kappa shape index (κ1) is 18.6. The lowest BCUT2D eigenvalue weighted by Crippen LogP contribution is -2.25. The molecule has 0 aliphatic rings. The van der Waals surface area contributed by atoms with Crippen molar-refractivity contribution in [2.45, 2.75) is 39.5 Å². The number of nitrogens with zero attached hydrogens (tertiary/aromatic N) is 1. The van der Waals surface area contributed by atoms with Crippen LogP contribution in [0.4, 0.5) is 5.69 Å². The molecule has 5 nitrogen and oxygen atoms in total. The van der Waals surface area contributed by atoms with E-state index in [1.165, 1.54) is 12.3 Å². The van der Waals surface area contributed by atoms with Crippen LogP contribution < -0.4 is 10.6 Å². The van der Waals surface area contributed by atoms with E-state index < -0.39 is 0 Å². The maximum Gasteiger partial charge on any atom is 0.274 e. The van der Waals surface area contributed by atoms with Gasteiger partial charge in [0.2, 0.25) is 0 Å². The highest BCUT2D eigenvalue weighted by Gasteiger charge is 2.13. The molecule has 1 heterocycles. The number of carbonyl (C=O) groups excluding carboxylic acids is 2. The molecular formula is C20H25N3O2. The van der Waals surface area contributed by atoms with Crippen LogP contribution in [0.15, 0.2) is 42.6 Å². The van der Waals surface area contributed by atoms with Gasteiger partial charge in [-0.3, -0.25) is 14.6 Å². The van der Waals surface area contributed by atoms with E-state index in [4.69, 9.17) is 0 Å². The largest absolute Gasteiger partial charge is 0.352 e. The standard InChI is InChI=1S/C20H25N3O2/c1-3-5-8-12-22-19(24)16-11-13-21-18(14-16)20(25)23-17-10-7-6-9-15(17)4-2/h6-7,9-11,13-14H,3-5,8,12H2,1-2H3,(H,22,24)(H,23,25). The summed E-state index contributed by atoms with van der Waals surface area (Å²) >= 11 is 0. The summed E-state index contributed by atoms with van der Waals surface area (Å²) in [4.78, 5) is 28.7. The van der Waals surface area contributed by atoms with Gasteiger partial charge in [0.1, 0.15) is 5.69 Å². The Bertz CT molecular complexity index is 728. The number of aryl methyl sites for hydroxylation is 1. The van der Waals surface area contributed by atoms with Crippen LogP contribution >= 0.6 is 0 Å². The zero-order valence-corrected chi connectivity index (χ0v) is 14.8. The quantitative estimate of drug-likeness (QED) is 0.718. The van der Waals surface area contributed by atoms with Gasteiger partial charge in [-0.25, -0.2) is 0 Å². The van der Waals surface area contributed by atoms with E-state index in [0.717, 1.165) is 36.9 Å². The predicted octanol–water partition coefficient (Wildman–Crippen LogP) is 3.82. The lowest BCUT2D eigenvalue weighted by molar-refractivity contribution is 0.0953. The molecule has 132 valence electrons. The third kappa shape index (κ3) is 5.41. The first-order chi connectivity index (χ1) is 12.2. The van der Waals surface area contributed by atoms with Crippen molar-refractivity contribution in [1.29, 1.82) is 0 Å². The summed E-state index contributed by atoms with van der Waals surface area (Å²) in [5, 5.41) is 5.74. The molecule has 0 radical (unpaired) electrons. The predicted molar refractivity (Wildman–Crippen MR) is 99.9 cm³/mol. The minimum absolute atomic E-state index is 0.179. The number of hydrogen-bond donors (Lipinski definition) is 2. The Balaban J connectivity index is 2.04. The minimum Gasteiger partial charge on any atom is -0.352 e. The van der Waals surface area contributed by atoms with Crippen molar-refractivity contribution in [2.24, 2.45) is 0 Å². The first-order valence-electron chi connectivity index (χ1n) is 8.79.